The molecule has 2 rings (SSSR count). The fourth-order valence-electron chi connectivity index (χ4n) is 3.13. The molecule has 1 saturated carbocycles. The second kappa shape index (κ2) is 4.88. The molecule has 2 aliphatic rings. The number of carbonyl (C=O) groups excluding carboxylic acids is 2. The molecular weight excluding hydrogens is 230 g/mol. The van der Waals surface area contributed by atoms with E-state index >= 15 is 0 Å². The number of hydrogen-bond acceptors (Lipinski definition) is 3. The normalized spacial score (nSPS) is 31.3. The van der Waals surface area contributed by atoms with Gasteiger partial charge in [-0.1, -0.05) is 6.42 Å². The summed E-state index contributed by atoms with van der Waals surface area (Å²) in [6.45, 7) is 5.34. The molecule has 102 valence electrons. The van der Waals surface area contributed by atoms with Gasteiger partial charge in [-0.3, -0.25) is 9.59 Å². The number of nitrogens with two attached hydrogens (primary N) is 1. The number of hydrogen-bond donors (Lipinski definition) is 2. The summed E-state index contributed by atoms with van der Waals surface area (Å²) in [5.41, 5.74) is 5.00. The van der Waals surface area contributed by atoms with Gasteiger partial charge in [-0.25, -0.2) is 0 Å². The first-order valence-electron chi connectivity index (χ1n) is 6.78. The van der Waals surface area contributed by atoms with Crippen LogP contribution in [0.2, 0.25) is 0 Å². The van der Waals surface area contributed by atoms with Crippen molar-refractivity contribution in [2.45, 2.75) is 38.6 Å². The van der Waals surface area contributed by atoms with Crippen LogP contribution in [0.3, 0.4) is 0 Å². The van der Waals surface area contributed by atoms with Crippen LogP contribution in [-0.4, -0.2) is 41.9 Å². The molecule has 5 nitrogen and oxygen atoms in total. The number of rotatable bonds is 2. The molecule has 2 fully saturated rings. The Morgan fingerprint density at radius 2 is 2.22 bits per heavy atom. The highest BCUT2D eigenvalue weighted by Crippen LogP contribution is 2.34. The molecule has 1 aliphatic carbocycles. The van der Waals surface area contributed by atoms with Crippen molar-refractivity contribution in [3.63, 3.8) is 0 Å². The zero-order valence-corrected chi connectivity index (χ0v) is 11.2. The summed E-state index contributed by atoms with van der Waals surface area (Å²) >= 11 is 0. The quantitative estimate of drug-likeness (QED) is 0.733. The third kappa shape index (κ3) is 2.11. The van der Waals surface area contributed by atoms with Gasteiger partial charge in [0, 0.05) is 19.0 Å². The standard InChI is InChI=1S/C13H23N3O2/c1-13(2)12(18)15-6-7-16(13)11(17)10-5-3-4-9(10)8-14/h9-10H,3-8,14H2,1-2H3,(H,15,18). The minimum atomic E-state index is -0.739. The molecule has 5 heteroatoms. The van der Waals surface area contributed by atoms with E-state index in [9.17, 15) is 9.59 Å². The van der Waals surface area contributed by atoms with Gasteiger partial charge in [0.1, 0.15) is 5.54 Å². The maximum Gasteiger partial charge on any atom is 0.245 e. The predicted octanol–water partition coefficient (Wildman–Crippen LogP) is 0.0984. The van der Waals surface area contributed by atoms with Crippen molar-refractivity contribution in [1.29, 1.82) is 0 Å². The summed E-state index contributed by atoms with van der Waals surface area (Å²) in [5, 5.41) is 2.82. The summed E-state index contributed by atoms with van der Waals surface area (Å²) < 4.78 is 0. The van der Waals surface area contributed by atoms with E-state index in [-0.39, 0.29) is 17.7 Å². The molecule has 2 atom stereocenters. The third-order valence-corrected chi connectivity index (χ3v) is 4.40. The van der Waals surface area contributed by atoms with Crippen molar-refractivity contribution < 1.29 is 9.59 Å². The topological polar surface area (TPSA) is 75.4 Å². The van der Waals surface area contributed by atoms with Crippen LogP contribution >= 0.6 is 0 Å². The smallest absolute Gasteiger partial charge is 0.245 e. The molecule has 18 heavy (non-hydrogen) atoms. The van der Waals surface area contributed by atoms with Crippen LogP contribution in [0.1, 0.15) is 33.1 Å². The molecule has 0 radical (unpaired) electrons. The van der Waals surface area contributed by atoms with Crippen LogP contribution in [0.15, 0.2) is 0 Å². The van der Waals surface area contributed by atoms with Gasteiger partial charge in [-0.15, -0.1) is 0 Å². The Hall–Kier alpha value is -1.10. The van der Waals surface area contributed by atoms with Crippen molar-refractivity contribution in [3.8, 4) is 0 Å². The van der Waals surface area contributed by atoms with E-state index in [4.69, 9.17) is 5.73 Å². The fourth-order valence-corrected chi connectivity index (χ4v) is 3.13. The second-order valence-corrected chi connectivity index (χ2v) is 5.84. The monoisotopic (exact) mass is 253 g/mol. The molecule has 3 N–H and O–H groups in total. The molecule has 0 spiro atoms. The lowest BCUT2D eigenvalue weighted by Crippen LogP contribution is -2.64. The number of amides is 2. The van der Waals surface area contributed by atoms with Crippen molar-refractivity contribution >= 4 is 11.8 Å². The Labute approximate surface area is 108 Å². The molecule has 0 aromatic heterocycles. The number of piperazine rings is 1. The van der Waals surface area contributed by atoms with Crippen molar-refractivity contribution in [2.24, 2.45) is 17.6 Å². The molecule has 2 unspecified atom stereocenters. The van der Waals surface area contributed by atoms with Gasteiger partial charge < -0.3 is 16.0 Å². The van der Waals surface area contributed by atoms with Crippen LogP contribution in [0, 0.1) is 11.8 Å². The molecular formula is C13H23N3O2. The zero-order valence-electron chi connectivity index (χ0n) is 11.2. The maximum atomic E-state index is 12.6. The van der Waals surface area contributed by atoms with Crippen LogP contribution in [0.5, 0.6) is 0 Å². The minimum absolute atomic E-state index is 0.0141. The second-order valence-electron chi connectivity index (χ2n) is 5.84. The highest BCUT2D eigenvalue weighted by Gasteiger charge is 2.44. The Morgan fingerprint density at radius 1 is 1.50 bits per heavy atom. The highest BCUT2D eigenvalue weighted by atomic mass is 16.2. The summed E-state index contributed by atoms with van der Waals surface area (Å²) in [5.74, 6) is 0.352. The number of nitrogens with zero attached hydrogens (tertiary/aromatic N) is 1. The lowest BCUT2D eigenvalue weighted by molar-refractivity contribution is -0.152. The van der Waals surface area contributed by atoms with Crippen molar-refractivity contribution in [3.05, 3.63) is 0 Å². The molecule has 1 heterocycles. The van der Waals surface area contributed by atoms with Gasteiger partial charge in [-0.2, -0.15) is 0 Å². The molecule has 0 bridgehead atoms. The first kappa shape index (κ1) is 13.3. The average molecular weight is 253 g/mol. The lowest BCUT2D eigenvalue weighted by atomic mass is 9.91. The third-order valence-electron chi connectivity index (χ3n) is 4.40. The first-order chi connectivity index (χ1) is 8.48. The fraction of sp³-hybridized carbons (Fsp3) is 0.846. The van der Waals surface area contributed by atoms with Crippen LogP contribution in [0.25, 0.3) is 0 Å². The molecule has 1 aliphatic heterocycles. The van der Waals surface area contributed by atoms with Gasteiger partial charge >= 0.3 is 0 Å². The Balaban J connectivity index is 2.15. The van der Waals surface area contributed by atoms with Crippen LogP contribution in [-0.2, 0) is 9.59 Å². The summed E-state index contributed by atoms with van der Waals surface area (Å²) in [7, 11) is 0. The van der Waals surface area contributed by atoms with Gasteiger partial charge in [0.15, 0.2) is 0 Å². The number of nitrogens with one attached hydrogen (secondary N) is 1. The Morgan fingerprint density at radius 3 is 2.89 bits per heavy atom. The number of carbonyl (C=O) groups is 2. The first-order valence-corrected chi connectivity index (χ1v) is 6.78. The van der Waals surface area contributed by atoms with Gasteiger partial charge in [0.25, 0.3) is 0 Å². The molecule has 0 aromatic rings. The summed E-state index contributed by atoms with van der Waals surface area (Å²) in [6, 6.07) is 0. The largest absolute Gasteiger partial charge is 0.352 e. The van der Waals surface area contributed by atoms with Crippen molar-refractivity contribution in [1.82, 2.24) is 10.2 Å². The van der Waals surface area contributed by atoms with E-state index in [1.54, 1.807) is 4.90 Å². The van der Waals surface area contributed by atoms with Gasteiger partial charge in [0.2, 0.25) is 11.8 Å². The maximum absolute atomic E-state index is 12.6. The lowest BCUT2D eigenvalue weighted by Gasteiger charge is -2.43. The van der Waals surface area contributed by atoms with E-state index < -0.39 is 5.54 Å². The van der Waals surface area contributed by atoms with E-state index in [2.05, 4.69) is 5.32 Å². The van der Waals surface area contributed by atoms with E-state index in [0.29, 0.717) is 25.6 Å². The summed E-state index contributed by atoms with van der Waals surface area (Å²) in [4.78, 5) is 26.2. The average Bonchev–Trinajstić information content (AvgIpc) is 2.80. The van der Waals surface area contributed by atoms with Gasteiger partial charge in [0.05, 0.1) is 0 Å². The van der Waals surface area contributed by atoms with E-state index in [1.807, 2.05) is 13.8 Å². The highest BCUT2D eigenvalue weighted by molar-refractivity contribution is 5.92. The van der Waals surface area contributed by atoms with Crippen LogP contribution < -0.4 is 11.1 Å². The Bertz CT molecular complexity index is 354. The minimum Gasteiger partial charge on any atom is -0.352 e. The zero-order chi connectivity index (χ0) is 13.3. The van der Waals surface area contributed by atoms with E-state index in [0.717, 1.165) is 19.3 Å². The van der Waals surface area contributed by atoms with Crippen LogP contribution in [0.4, 0.5) is 0 Å². The Kier molecular flexibility index (Phi) is 3.61. The molecule has 2 amide bonds. The SMILES string of the molecule is CC1(C)C(=O)NCCN1C(=O)C1CCCC1CN. The van der Waals surface area contributed by atoms with Gasteiger partial charge in [-0.05, 0) is 39.2 Å². The summed E-state index contributed by atoms with van der Waals surface area (Å²) in [6.07, 6.45) is 3.01. The molecule has 1 saturated heterocycles. The molecule has 0 aromatic carbocycles. The van der Waals surface area contributed by atoms with Crippen molar-refractivity contribution in [2.75, 3.05) is 19.6 Å². The predicted molar refractivity (Wildman–Crippen MR) is 68.7 cm³/mol. The van der Waals surface area contributed by atoms with E-state index in [1.165, 1.54) is 0 Å².